The summed E-state index contributed by atoms with van der Waals surface area (Å²) in [6.45, 7) is 6.66. The lowest BCUT2D eigenvalue weighted by Crippen LogP contribution is -2.22. The Kier molecular flexibility index (Phi) is 5.67. The molecule has 4 rings (SSSR count). The molecule has 1 amide bonds. The second kappa shape index (κ2) is 8.27. The molecule has 162 valence electrons. The van der Waals surface area contributed by atoms with Gasteiger partial charge in [-0.25, -0.2) is 0 Å². The topological polar surface area (TPSA) is 77.8 Å². The third-order valence-corrected chi connectivity index (χ3v) is 5.86. The van der Waals surface area contributed by atoms with E-state index in [4.69, 9.17) is 25.5 Å². The van der Waals surface area contributed by atoms with Crippen LogP contribution in [0.25, 0.3) is 11.0 Å². The van der Waals surface area contributed by atoms with Crippen LogP contribution in [0.15, 0.2) is 39.5 Å². The quantitative estimate of drug-likeness (QED) is 0.581. The van der Waals surface area contributed by atoms with E-state index in [-0.39, 0.29) is 16.8 Å². The summed E-state index contributed by atoms with van der Waals surface area (Å²) < 4.78 is 17.2. The molecule has 2 aromatic carbocycles. The largest absolute Gasteiger partial charge is 0.493 e. The second-order valence-electron chi connectivity index (χ2n) is 8.12. The predicted molar refractivity (Wildman–Crippen MR) is 119 cm³/mol. The zero-order chi connectivity index (χ0) is 22.3. The van der Waals surface area contributed by atoms with E-state index in [2.05, 4.69) is 19.2 Å². The molecular formula is C24H24ClNO5. The Bertz CT molecular complexity index is 1230. The molecular weight excluding hydrogens is 418 g/mol. The van der Waals surface area contributed by atoms with Crippen LogP contribution in [-0.2, 0) is 0 Å². The molecule has 3 aromatic rings. The first-order valence-corrected chi connectivity index (χ1v) is 10.6. The molecule has 1 N–H and O–H groups in total. The molecule has 1 aliphatic rings. The summed E-state index contributed by atoms with van der Waals surface area (Å²) in [5.74, 6) is 1.28. The highest BCUT2D eigenvalue weighted by Gasteiger charge is 2.36. The molecule has 1 unspecified atom stereocenters. The van der Waals surface area contributed by atoms with Crippen LogP contribution in [0.4, 0.5) is 0 Å². The molecule has 6 nitrogen and oxygen atoms in total. The molecule has 2 heterocycles. The highest BCUT2D eigenvalue weighted by molar-refractivity contribution is 6.32. The number of aryl methyl sites for hydroxylation is 1. The zero-order valence-electron chi connectivity index (χ0n) is 17.9. The smallest absolute Gasteiger partial charge is 0.288 e. The number of fused-ring (bicyclic) bond motifs is 2. The lowest BCUT2D eigenvalue weighted by molar-refractivity contribution is 0.0938. The van der Waals surface area contributed by atoms with E-state index >= 15 is 0 Å². The first-order chi connectivity index (χ1) is 14.8. The Morgan fingerprint density at radius 1 is 1.16 bits per heavy atom. The van der Waals surface area contributed by atoms with Gasteiger partial charge in [-0.1, -0.05) is 31.5 Å². The first kappa shape index (κ1) is 21.2. The van der Waals surface area contributed by atoms with Crippen LogP contribution < -0.4 is 20.2 Å². The van der Waals surface area contributed by atoms with Crippen molar-refractivity contribution in [3.05, 3.63) is 68.0 Å². The Morgan fingerprint density at radius 3 is 2.65 bits per heavy atom. The van der Waals surface area contributed by atoms with Crippen LogP contribution in [0, 0.1) is 12.8 Å². The molecule has 0 radical (unpaired) electrons. The molecule has 0 saturated carbocycles. The molecule has 1 aromatic heterocycles. The van der Waals surface area contributed by atoms with Crippen molar-refractivity contribution in [1.82, 2.24) is 5.32 Å². The van der Waals surface area contributed by atoms with Crippen molar-refractivity contribution in [2.45, 2.75) is 33.2 Å². The molecule has 0 fully saturated rings. The summed E-state index contributed by atoms with van der Waals surface area (Å²) in [7, 11) is 1.56. The average Bonchev–Trinajstić information content (AvgIpc) is 3.06. The van der Waals surface area contributed by atoms with Gasteiger partial charge in [0.05, 0.1) is 30.7 Å². The number of halogens is 1. The fourth-order valence-corrected chi connectivity index (χ4v) is 3.83. The van der Waals surface area contributed by atoms with Crippen molar-refractivity contribution in [3.63, 3.8) is 0 Å². The minimum absolute atomic E-state index is 0.0282. The normalized spacial score (nSPS) is 15.3. The van der Waals surface area contributed by atoms with Gasteiger partial charge in [-0.05, 0) is 54.7 Å². The lowest BCUT2D eigenvalue weighted by Gasteiger charge is -2.16. The molecule has 0 spiro atoms. The summed E-state index contributed by atoms with van der Waals surface area (Å²) in [6, 6.07) is 8.00. The maximum atomic E-state index is 13.3. The van der Waals surface area contributed by atoms with Crippen molar-refractivity contribution in [3.8, 4) is 11.5 Å². The highest BCUT2D eigenvalue weighted by atomic mass is 35.5. The van der Waals surface area contributed by atoms with Crippen LogP contribution in [0.1, 0.15) is 53.6 Å². The fraction of sp³-hybridized carbons (Fsp3) is 0.333. The summed E-state index contributed by atoms with van der Waals surface area (Å²) in [4.78, 5) is 25.9. The van der Waals surface area contributed by atoms with Gasteiger partial charge in [-0.3, -0.25) is 9.59 Å². The number of benzene rings is 2. The number of hydrogen-bond donors (Lipinski definition) is 1. The van der Waals surface area contributed by atoms with Crippen LogP contribution >= 0.6 is 11.6 Å². The Balaban J connectivity index is 1.76. The molecule has 31 heavy (non-hydrogen) atoms. The molecule has 0 saturated heterocycles. The van der Waals surface area contributed by atoms with Crippen molar-refractivity contribution in [1.29, 1.82) is 0 Å². The van der Waals surface area contributed by atoms with Gasteiger partial charge in [0, 0.05) is 5.02 Å². The van der Waals surface area contributed by atoms with Gasteiger partial charge in [0.1, 0.15) is 5.58 Å². The summed E-state index contributed by atoms with van der Waals surface area (Å²) in [5.41, 5.74) is 1.80. The molecule has 7 heteroatoms. The lowest BCUT2D eigenvalue weighted by atomic mass is 9.98. The number of nitrogens with one attached hydrogen (secondary N) is 1. The van der Waals surface area contributed by atoms with Gasteiger partial charge in [-0.2, -0.15) is 0 Å². The number of ether oxygens (including phenoxy) is 2. The van der Waals surface area contributed by atoms with Crippen LogP contribution in [0.3, 0.4) is 0 Å². The maximum absolute atomic E-state index is 13.3. The van der Waals surface area contributed by atoms with E-state index in [1.807, 2.05) is 13.0 Å². The monoisotopic (exact) mass is 441 g/mol. The molecule has 0 bridgehead atoms. The van der Waals surface area contributed by atoms with Crippen molar-refractivity contribution in [2.75, 3.05) is 13.7 Å². The minimum atomic E-state index is -0.651. The summed E-state index contributed by atoms with van der Waals surface area (Å²) in [5, 5.41) is 3.66. The van der Waals surface area contributed by atoms with Gasteiger partial charge in [-0.15, -0.1) is 0 Å². The number of rotatable bonds is 6. The number of hydrogen-bond acceptors (Lipinski definition) is 5. The third kappa shape index (κ3) is 3.88. The predicted octanol–water partition coefficient (Wildman–Crippen LogP) is 5.02. The number of carbonyl (C=O) groups excluding carboxylic acids is 1. The standard InChI is InChI=1S/C24H24ClNO5/c1-12(2)7-8-30-17-6-5-14(10-19(17)29-4)21-20-22(27)15-11-16(25)13(3)9-18(15)31-23(20)24(28)26-21/h5-6,9-12,21H,7-8H2,1-4H3,(H,26,28). The van der Waals surface area contributed by atoms with E-state index in [0.717, 1.165) is 12.0 Å². The van der Waals surface area contributed by atoms with E-state index in [1.165, 1.54) is 0 Å². The van der Waals surface area contributed by atoms with Gasteiger partial charge in [0.2, 0.25) is 5.76 Å². The minimum Gasteiger partial charge on any atom is -0.493 e. The Morgan fingerprint density at radius 2 is 1.94 bits per heavy atom. The van der Waals surface area contributed by atoms with Crippen molar-refractivity contribution in [2.24, 2.45) is 5.92 Å². The third-order valence-electron chi connectivity index (χ3n) is 5.45. The van der Waals surface area contributed by atoms with Crippen molar-refractivity contribution < 1.29 is 18.7 Å². The van der Waals surface area contributed by atoms with E-state index in [0.29, 0.717) is 45.6 Å². The Hall–Kier alpha value is -2.99. The summed E-state index contributed by atoms with van der Waals surface area (Å²) >= 11 is 6.22. The average molecular weight is 442 g/mol. The molecule has 1 atom stereocenters. The first-order valence-electron chi connectivity index (χ1n) is 10.2. The molecule has 1 aliphatic heterocycles. The maximum Gasteiger partial charge on any atom is 0.288 e. The van der Waals surface area contributed by atoms with Crippen LogP contribution in [0.2, 0.25) is 5.02 Å². The van der Waals surface area contributed by atoms with E-state index in [9.17, 15) is 9.59 Å². The number of carbonyl (C=O) groups is 1. The van der Waals surface area contributed by atoms with Crippen LogP contribution in [-0.4, -0.2) is 19.6 Å². The SMILES string of the molecule is COc1cc(C2NC(=O)c3oc4cc(C)c(Cl)cc4c(=O)c32)ccc1OCCC(C)C. The van der Waals surface area contributed by atoms with Crippen LogP contribution in [0.5, 0.6) is 11.5 Å². The van der Waals surface area contributed by atoms with Gasteiger partial charge < -0.3 is 19.2 Å². The van der Waals surface area contributed by atoms with E-state index < -0.39 is 11.9 Å². The zero-order valence-corrected chi connectivity index (χ0v) is 18.6. The highest BCUT2D eigenvalue weighted by Crippen LogP contribution is 2.36. The van der Waals surface area contributed by atoms with E-state index in [1.54, 1.807) is 31.4 Å². The Labute approximate surface area is 185 Å². The fourth-order valence-electron chi connectivity index (χ4n) is 3.67. The van der Waals surface area contributed by atoms with Gasteiger partial charge in [0.15, 0.2) is 16.9 Å². The molecule has 0 aliphatic carbocycles. The summed E-state index contributed by atoms with van der Waals surface area (Å²) in [6.07, 6.45) is 0.924. The van der Waals surface area contributed by atoms with Crippen molar-refractivity contribution >= 4 is 28.5 Å². The van der Waals surface area contributed by atoms with Gasteiger partial charge in [0.25, 0.3) is 5.91 Å². The number of methoxy groups -OCH3 is 1. The second-order valence-corrected chi connectivity index (χ2v) is 8.53. The van der Waals surface area contributed by atoms with Gasteiger partial charge >= 0.3 is 0 Å². The number of amides is 1.